The van der Waals surface area contributed by atoms with Gasteiger partial charge in [-0.2, -0.15) is 0 Å². The molecule has 0 saturated heterocycles. The van der Waals surface area contributed by atoms with Crippen molar-refractivity contribution in [1.29, 1.82) is 0 Å². The number of ether oxygens (including phenoxy) is 1. The Morgan fingerprint density at radius 2 is 2.10 bits per heavy atom. The molecule has 1 atom stereocenters. The molecule has 0 spiro atoms. The maximum Gasteiger partial charge on any atom is 0.272 e. The fourth-order valence-electron chi connectivity index (χ4n) is 1.75. The number of methoxy groups -OCH3 is 1. The Bertz CT molecular complexity index is 449. The van der Waals surface area contributed by atoms with Crippen LogP contribution in [0.25, 0.3) is 0 Å². The van der Waals surface area contributed by atoms with E-state index in [0.717, 1.165) is 0 Å². The Balaban J connectivity index is 2.99. The summed E-state index contributed by atoms with van der Waals surface area (Å²) in [6.07, 6.45) is 1.67. The number of hydrogen-bond acceptors (Lipinski definition) is 5. The highest BCUT2D eigenvalue weighted by atomic mass is 16.5. The summed E-state index contributed by atoms with van der Waals surface area (Å²) in [5.41, 5.74) is 1.03. The van der Waals surface area contributed by atoms with Crippen LogP contribution in [0, 0.1) is 0 Å². The van der Waals surface area contributed by atoms with Crippen molar-refractivity contribution in [2.45, 2.75) is 39.7 Å². The maximum absolute atomic E-state index is 12.3. The van der Waals surface area contributed by atoms with Gasteiger partial charge in [0.05, 0.1) is 18.5 Å². The third-order valence-electron chi connectivity index (χ3n) is 2.70. The first-order valence-corrected chi connectivity index (χ1v) is 6.90. The highest BCUT2D eigenvalue weighted by Crippen LogP contribution is 2.16. The molecule has 1 rings (SSSR count). The number of nitrogens with one attached hydrogen (secondary N) is 2. The minimum Gasteiger partial charge on any atom is -0.383 e. The van der Waals surface area contributed by atoms with Crippen LogP contribution in [-0.2, 0) is 4.74 Å². The molecule has 6 nitrogen and oxygen atoms in total. The Kier molecular flexibility index (Phi) is 6.38. The van der Waals surface area contributed by atoms with Gasteiger partial charge in [-0.25, -0.2) is 9.97 Å². The largest absolute Gasteiger partial charge is 0.383 e. The lowest BCUT2D eigenvalue weighted by molar-refractivity contribution is 0.0901. The summed E-state index contributed by atoms with van der Waals surface area (Å²) in [6.45, 7) is 9.02. The third-order valence-corrected chi connectivity index (χ3v) is 2.70. The molecule has 1 unspecified atom stereocenters. The lowest BCUT2D eigenvalue weighted by atomic mass is 10.2. The lowest BCUT2D eigenvalue weighted by Crippen LogP contribution is -2.36. The van der Waals surface area contributed by atoms with E-state index in [1.54, 1.807) is 13.3 Å². The second kappa shape index (κ2) is 7.79. The van der Waals surface area contributed by atoms with Gasteiger partial charge in [0.15, 0.2) is 5.69 Å². The number of rotatable bonds is 7. The summed E-state index contributed by atoms with van der Waals surface area (Å²) in [7, 11) is 1.61. The minimum atomic E-state index is -0.213. The SMILES string of the molecule is CCNc1cnc(C(C)C)nc1C(=O)NC(C)COC. The van der Waals surface area contributed by atoms with Crippen LogP contribution in [0.5, 0.6) is 0 Å². The van der Waals surface area contributed by atoms with Gasteiger partial charge in [-0.15, -0.1) is 0 Å². The van der Waals surface area contributed by atoms with Gasteiger partial charge in [0.25, 0.3) is 5.91 Å². The molecule has 0 aromatic carbocycles. The van der Waals surface area contributed by atoms with E-state index in [1.165, 1.54) is 0 Å². The quantitative estimate of drug-likeness (QED) is 0.796. The van der Waals surface area contributed by atoms with Crippen LogP contribution in [-0.4, -0.2) is 42.2 Å². The van der Waals surface area contributed by atoms with Gasteiger partial charge >= 0.3 is 0 Å². The lowest BCUT2D eigenvalue weighted by Gasteiger charge is -2.15. The highest BCUT2D eigenvalue weighted by molar-refractivity contribution is 5.97. The first-order chi connectivity index (χ1) is 9.49. The molecule has 0 saturated carbocycles. The van der Waals surface area contributed by atoms with Gasteiger partial charge in [0.1, 0.15) is 5.82 Å². The van der Waals surface area contributed by atoms with Crippen molar-refractivity contribution in [1.82, 2.24) is 15.3 Å². The molecule has 0 fully saturated rings. The van der Waals surface area contributed by atoms with Crippen LogP contribution >= 0.6 is 0 Å². The second-order valence-electron chi connectivity index (χ2n) is 5.01. The molecule has 1 aromatic heterocycles. The molecule has 1 aromatic rings. The minimum absolute atomic E-state index is 0.0700. The number of amides is 1. The van der Waals surface area contributed by atoms with Gasteiger partial charge in [-0.05, 0) is 13.8 Å². The zero-order chi connectivity index (χ0) is 15.1. The van der Waals surface area contributed by atoms with E-state index < -0.39 is 0 Å². The van der Waals surface area contributed by atoms with Crippen LogP contribution in [0.1, 0.15) is 49.9 Å². The zero-order valence-corrected chi connectivity index (χ0v) is 12.9. The maximum atomic E-state index is 12.3. The van der Waals surface area contributed by atoms with E-state index in [0.29, 0.717) is 30.4 Å². The van der Waals surface area contributed by atoms with Crippen molar-refractivity contribution in [2.24, 2.45) is 0 Å². The first-order valence-electron chi connectivity index (χ1n) is 6.90. The van der Waals surface area contributed by atoms with Gasteiger partial charge < -0.3 is 15.4 Å². The fraction of sp³-hybridized carbons (Fsp3) is 0.643. The molecule has 0 bridgehead atoms. The number of nitrogens with zero attached hydrogens (tertiary/aromatic N) is 2. The number of aromatic nitrogens is 2. The Labute approximate surface area is 120 Å². The van der Waals surface area contributed by atoms with Gasteiger partial charge in [0.2, 0.25) is 0 Å². The smallest absolute Gasteiger partial charge is 0.272 e. The van der Waals surface area contributed by atoms with Crippen molar-refractivity contribution in [3.8, 4) is 0 Å². The van der Waals surface area contributed by atoms with Crippen LogP contribution in [0.3, 0.4) is 0 Å². The molecule has 6 heteroatoms. The van der Waals surface area contributed by atoms with Crippen molar-refractivity contribution in [3.63, 3.8) is 0 Å². The predicted molar refractivity (Wildman–Crippen MR) is 79.1 cm³/mol. The Morgan fingerprint density at radius 1 is 1.40 bits per heavy atom. The van der Waals surface area contributed by atoms with E-state index in [4.69, 9.17) is 4.74 Å². The number of carbonyl (C=O) groups excluding carboxylic acids is 1. The normalized spacial score (nSPS) is 12.3. The van der Waals surface area contributed by atoms with E-state index in [2.05, 4.69) is 20.6 Å². The van der Waals surface area contributed by atoms with Crippen molar-refractivity contribution in [2.75, 3.05) is 25.6 Å². The van der Waals surface area contributed by atoms with Crippen LogP contribution in [0.15, 0.2) is 6.20 Å². The molecule has 112 valence electrons. The topological polar surface area (TPSA) is 76.1 Å². The number of hydrogen-bond donors (Lipinski definition) is 2. The predicted octanol–water partition coefficient (Wildman–Crippen LogP) is 1.80. The standard InChI is InChI=1S/C14H24N4O2/c1-6-15-11-7-16-13(9(2)3)18-12(11)14(19)17-10(4)8-20-5/h7,9-10,15H,6,8H2,1-5H3,(H,17,19). The van der Waals surface area contributed by atoms with Gasteiger partial charge in [-0.3, -0.25) is 4.79 Å². The fourth-order valence-corrected chi connectivity index (χ4v) is 1.75. The van der Waals surface area contributed by atoms with Crippen LogP contribution in [0.4, 0.5) is 5.69 Å². The average Bonchev–Trinajstić information content (AvgIpc) is 2.39. The number of carbonyl (C=O) groups is 1. The van der Waals surface area contributed by atoms with Crippen molar-refractivity contribution < 1.29 is 9.53 Å². The summed E-state index contributed by atoms with van der Waals surface area (Å²) in [5.74, 6) is 0.625. The molecular formula is C14H24N4O2. The second-order valence-corrected chi connectivity index (χ2v) is 5.01. The van der Waals surface area contributed by atoms with E-state index in [1.807, 2.05) is 27.7 Å². The van der Waals surface area contributed by atoms with Crippen molar-refractivity contribution >= 4 is 11.6 Å². The van der Waals surface area contributed by atoms with Crippen LogP contribution in [0.2, 0.25) is 0 Å². The van der Waals surface area contributed by atoms with E-state index in [9.17, 15) is 4.79 Å². The molecule has 0 aliphatic heterocycles. The summed E-state index contributed by atoms with van der Waals surface area (Å²) >= 11 is 0. The van der Waals surface area contributed by atoms with Crippen LogP contribution < -0.4 is 10.6 Å². The first kappa shape index (κ1) is 16.4. The van der Waals surface area contributed by atoms with Crippen molar-refractivity contribution in [3.05, 3.63) is 17.7 Å². The molecular weight excluding hydrogens is 256 g/mol. The van der Waals surface area contributed by atoms with E-state index >= 15 is 0 Å². The summed E-state index contributed by atoms with van der Waals surface area (Å²) in [5, 5.41) is 5.98. The van der Waals surface area contributed by atoms with E-state index in [-0.39, 0.29) is 17.9 Å². The molecule has 0 aliphatic carbocycles. The monoisotopic (exact) mass is 280 g/mol. The molecule has 0 aliphatic rings. The summed E-state index contributed by atoms with van der Waals surface area (Å²) in [6, 6.07) is -0.0700. The Morgan fingerprint density at radius 3 is 2.65 bits per heavy atom. The summed E-state index contributed by atoms with van der Waals surface area (Å²) < 4.78 is 5.02. The highest BCUT2D eigenvalue weighted by Gasteiger charge is 2.17. The third kappa shape index (κ3) is 4.45. The molecule has 1 amide bonds. The Hall–Kier alpha value is -1.69. The molecule has 1 heterocycles. The summed E-state index contributed by atoms with van der Waals surface area (Å²) in [4.78, 5) is 21.0. The average molecular weight is 280 g/mol. The number of anilines is 1. The molecule has 20 heavy (non-hydrogen) atoms. The molecule has 2 N–H and O–H groups in total. The molecule has 0 radical (unpaired) electrons. The van der Waals surface area contributed by atoms with Gasteiger partial charge in [-0.1, -0.05) is 13.8 Å². The van der Waals surface area contributed by atoms with Gasteiger partial charge in [0, 0.05) is 25.6 Å². The zero-order valence-electron chi connectivity index (χ0n) is 12.9.